The molecule has 0 aliphatic carbocycles. The number of nitrogens with zero attached hydrogens (tertiary/aromatic N) is 2. The van der Waals surface area contributed by atoms with Gasteiger partial charge >= 0.3 is 0 Å². The van der Waals surface area contributed by atoms with Gasteiger partial charge in [0.05, 0.1) is 0 Å². The third kappa shape index (κ3) is 3.02. The molecule has 18 heavy (non-hydrogen) atoms. The molecule has 3 nitrogen and oxygen atoms in total. The summed E-state index contributed by atoms with van der Waals surface area (Å²) >= 11 is 0. The van der Waals surface area contributed by atoms with E-state index in [1.807, 2.05) is 7.05 Å². The van der Waals surface area contributed by atoms with E-state index < -0.39 is 0 Å². The minimum absolute atomic E-state index is 0.620. The Hall–Kier alpha value is -1.09. The normalized spacial score (nSPS) is 20.8. The SMILES string of the molecule is CNCc1ccc(N2CCCCCC2C)nc1C. The fourth-order valence-electron chi connectivity index (χ4n) is 2.73. The Bertz CT molecular complexity index is 389. The number of hydrogen-bond acceptors (Lipinski definition) is 3. The maximum Gasteiger partial charge on any atom is 0.129 e. The molecule has 2 rings (SSSR count). The molecule has 2 heterocycles. The molecule has 1 aliphatic heterocycles. The standard InChI is InChI=1S/C15H25N3/c1-12-7-5-4-6-10-18(12)15-9-8-14(11-16-3)13(2)17-15/h8-9,12,16H,4-7,10-11H2,1-3H3. The molecular formula is C15H25N3. The van der Waals surface area contributed by atoms with E-state index in [2.05, 4.69) is 36.2 Å². The van der Waals surface area contributed by atoms with Crippen molar-refractivity contribution in [2.24, 2.45) is 0 Å². The zero-order valence-corrected chi connectivity index (χ0v) is 11.9. The van der Waals surface area contributed by atoms with Crippen molar-refractivity contribution in [3.63, 3.8) is 0 Å². The third-order valence-corrected chi connectivity index (χ3v) is 3.90. The summed E-state index contributed by atoms with van der Waals surface area (Å²) in [5.74, 6) is 1.15. The summed E-state index contributed by atoms with van der Waals surface area (Å²) in [7, 11) is 1.98. The van der Waals surface area contributed by atoms with Gasteiger partial charge in [0, 0.05) is 24.8 Å². The van der Waals surface area contributed by atoms with Crippen molar-refractivity contribution in [1.29, 1.82) is 0 Å². The van der Waals surface area contributed by atoms with Crippen LogP contribution in [0.3, 0.4) is 0 Å². The Morgan fingerprint density at radius 3 is 2.89 bits per heavy atom. The highest BCUT2D eigenvalue weighted by Gasteiger charge is 2.18. The lowest BCUT2D eigenvalue weighted by molar-refractivity contribution is 0.610. The average molecular weight is 247 g/mol. The molecule has 1 fully saturated rings. The average Bonchev–Trinajstić information content (AvgIpc) is 2.57. The van der Waals surface area contributed by atoms with Gasteiger partial charge < -0.3 is 10.2 Å². The smallest absolute Gasteiger partial charge is 0.129 e. The molecule has 0 radical (unpaired) electrons. The highest BCUT2D eigenvalue weighted by Crippen LogP contribution is 2.23. The summed E-state index contributed by atoms with van der Waals surface area (Å²) in [5, 5.41) is 3.19. The van der Waals surface area contributed by atoms with Crippen molar-refractivity contribution >= 4 is 5.82 Å². The van der Waals surface area contributed by atoms with Crippen LogP contribution in [0.4, 0.5) is 5.82 Å². The molecule has 0 bridgehead atoms. The molecule has 0 amide bonds. The molecule has 1 N–H and O–H groups in total. The lowest BCUT2D eigenvalue weighted by Crippen LogP contribution is -2.33. The first-order valence-corrected chi connectivity index (χ1v) is 7.10. The summed E-state index contributed by atoms with van der Waals surface area (Å²) < 4.78 is 0. The molecule has 0 spiro atoms. The van der Waals surface area contributed by atoms with Gasteiger partial charge in [-0.25, -0.2) is 4.98 Å². The Balaban J connectivity index is 2.19. The van der Waals surface area contributed by atoms with E-state index in [0.29, 0.717) is 6.04 Å². The number of rotatable bonds is 3. The molecule has 3 heteroatoms. The van der Waals surface area contributed by atoms with Crippen LogP contribution in [-0.2, 0) is 6.54 Å². The van der Waals surface area contributed by atoms with Gasteiger partial charge in [-0.05, 0) is 45.4 Å². The van der Waals surface area contributed by atoms with Crippen LogP contribution in [0, 0.1) is 6.92 Å². The van der Waals surface area contributed by atoms with Crippen molar-refractivity contribution in [3.05, 3.63) is 23.4 Å². The van der Waals surface area contributed by atoms with E-state index in [0.717, 1.165) is 24.6 Å². The van der Waals surface area contributed by atoms with Crippen LogP contribution < -0.4 is 10.2 Å². The van der Waals surface area contributed by atoms with E-state index in [1.165, 1.54) is 31.2 Å². The molecule has 1 aliphatic rings. The second-order valence-corrected chi connectivity index (χ2v) is 5.34. The van der Waals surface area contributed by atoms with Crippen LogP contribution in [-0.4, -0.2) is 24.6 Å². The summed E-state index contributed by atoms with van der Waals surface area (Å²) in [6, 6.07) is 5.02. The summed E-state index contributed by atoms with van der Waals surface area (Å²) in [4.78, 5) is 7.27. The molecule has 1 aromatic rings. The first kappa shape index (κ1) is 13.3. The monoisotopic (exact) mass is 247 g/mol. The second-order valence-electron chi connectivity index (χ2n) is 5.34. The maximum atomic E-state index is 4.79. The number of aromatic nitrogens is 1. The van der Waals surface area contributed by atoms with Crippen LogP contribution in [0.15, 0.2) is 12.1 Å². The van der Waals surface area contributed by atoms with Crippen LogP contribution in [0.25, 0.3) is 0 Å². The van der Waals surface area contributed by atoms with Crippen LogP contribution in [0.1, 0.15) is 43.9 Å². The molecule has 1 saturated heterocycles. The van der Waals surface area contributed by atoms with E-state index >= 15 is 0 Å². The fourth-order valence-corrected chi connectivity index (χ4v) is 2.73. The van der Waals surface area contributed by atoms with Crippen molar-refractivity contribution in [3.8, 4) is 0 Å². The second kappa shape index (κ2) is 6.19. The van der Waals surface area contributed by atoms with Gasteiger partial charge in [-0.2, -0.15) is 0 Å². The Morgan fingerprint density at radius 1 is 1.33 bits per heavy atom. The van der Waals surface area contributed by atoms with Crippen molar-refractivity contribution in [2.45, 2.75) is 52.1 Å². The van der Waals surface area contributed by atoms with Gasteiger partial charge in [0.2, 0.25) is 0 Å². The Kier molecular flexibility index (Phi) is 4.59. The fraction of sp³-hybridized carbons (Fsp3) is 0.667. The van der Waals surface area contributed by atoms with Crippen molar-refractivity contribution in [1.82, 2.24) is 10.3 Å². The van der Waals surface area contributed by atoms with Gasteiger partial charge in [0.25, 0.3) is 0 Å². The summed E-state index contributed by atoms with van der Waals surface area (Å²) in [6.45, 7) is 6.48. The van der Waals surface area contributed by atoms with E-state index in [4.69, 9.17) is 4.98 Å². The lowest BCUT2D eigenvalue weighted by atomic mass is 10.1. The highest BCUT2D eigenvalue weighted by molar-refractivity contribution is 5.42. The van der Waals surface area contributed by atoms with Crippen LogP contribution in [0.5, 0.6) is 0 Å². The number of nitrogens with one attached hydrogen (secondary N) is 1. The topological polar surface area (TPSA) is 28.2 Å². The number of pyridine rings is 1. The molecule has 1 aromatic heterocycles. The summed E-state index contributed by atoms with van der Waals surface area (Å²) in [6.07, 6.45) is 5.30. The van der Waals surface area contributed by atoms with E-state index in [1.54, 1.807) is 0 Å². The molecule has 1 unspecified atom stereocenters. The maximum absolute atomic E-state index is 4.79. The van der Waals surface area contributed by atoms with Gasteiger partial charge in [0.15, 0.2) is 0 Å². The zero-order valence-electron chi connectivity index (χ0n) is 11.9. The highest BCUT2D eigenvalue weighted by atomic mass is 15.2. The largest absolute Gasteiger partial charge is 0.354 e. The number of hydrogen-bond donors (Lipinski definition) is 1. The van der Waals surface area contributed by atoms with Crippen molar-refractivity contribution in [2.75, 3.05) is 18.5 Å². The minimum atomic E-state index is 0.620. The lowest BCUT2D eigenvalue weighted by Gasteiger charge is -2.28. The molecule has 1 atom stereocenters. The van der Waals surface area contributed by atoms with E-state index in [-0.39, 0.29) is 0 Å². The van der Waals surface area contributed by atoms with Gasteiger partial charge in [-0.15, -0.1) is 0 Å². The quantitative estimate of drug-likeness (QED) is 0.890. The molecule has 0 saturated carbocycles. The van der Waals surface area contributed by atoms with Gasteiger partial charge in [-0.3, -0.25) is 0 Å². The van der Waals surface area contributed by atoms with E-state index in [9.17, 15) is 0 Å². The van der Waals surface area contributed by atoms with Crippen LogP contribution >= 0.6 is 0 Å². The van der Waals surface area contributed by atoms with Crippen LogP contribution in [0.2, 0.25) is 0 Å². The number of aryl methyl sites for hydroxylation is 1. The third-order valence-electron chi connectivity index (χ3n) is 3.90. The van der Waals surface area contributed by atoms with Gasteiger partial charge in [-0.1, -0.05) is 18.9 Å². The Morgan fingerprint density at radius 2 is 2.17 bits per heavy atom. The first-order valence-electron chi connectivity index (χ1n) is 7.10. The summed E-state index contributed by atoms with van der Waals surface area (Å²) in [5.41, 5.74) is 2.45. The molecular weight excluding hydrogens is 222 g/mol. The molecule has 100 valence electrons. The Labute approximate surface area is 111 Å². The zero-order chi connectivity index (χ0) is 13.0. The first-order chi connectivity index (χ1) is 8.72. The predicted molar refractivity (Wildman–Crippen MR) is 77.0 cm³/mol. The minimum Gasteiger partial charge on any atom is -0.354 e. The molecule has 0 aromatic carbocycles. The van der Waals surface area contributed by atoms with Gasteiger partial charge in [0.1, 0.15) is 5.82 Å². The van der Waals surface area contributed by atoms with Crippen molar-refractivity contribution < 1.29 is 0 Å². The number of anilines is 1. The predicted octanol–water partition coefficient (Wildman–Crippen LogP) is 2.88.